The number of nitrogens with zero attached hydrogens (tertiary/aromatic N) is 1. The van der Waals surface area contributed by atoms with Gasteiger partial charge in [0.05, 0.1) is 25.7 Å². The molecule has 2 aromatic carbocycles. The third-order valence-electron chi connectivity index (χ3n) is 5.80. The average molecular weight is 405 g/mol. The molecule has 1 saturated heterocycles. The van der Waals surface area contributed by atoms with E-state index >= 15 is 0 Å². The highest BCUT2D eigenvalue weighted by Crippen LogP contribution is 2.40. The van der Waals surface area contributed by atoms with Crippen LogP contribution in [0, 0.1) is 6.92 Å². The number of hydrogen-bond acceptors (Lipinski definition) is 5. The van der Waals surface area contributed by atoms with Gasteiger partial charge in [-0.1, -0.05) is 24.3 Å². The molecule has 0 saturated carbocycles. The number of hydrogen-bond donors (Lipinski definition) is 0. The van der Waals surface area contributed by atoms with E-state index in [4.69, 9.17) is 18.6 Å². The Kier molecular flexibility index (Phi) is 5.47. The maximum absolute atomic E-state index is 6.39. The molecular formula is C25H27NO4. The zero-order valence-corrected chi connectivity index (χ0v) is 17.3. The lowest BCUT2D eigenvalue weighted by Gasteiger charge is -2.21. The summed E-state index contributed by atoms with van der Waals surface area (Å²) in [6.45, 7) is 6.66. The summed E-state index contributed by atoms with van der Waals surface area (Å²) in [6, 6.07) is 14.9. The van der Waals surface area contributed by atoms with Gasteiger partial charge in [-0.3, -0.25) is 4.90 Å². The molecule has 0 aliphatic carbocycles. The van der Waals surface area contributed by atoms with Gasteiger partial charge in [0.25, 0.3) is 0 Å². The molecule has 2 aliphatic rings. The van der Waals surface area contributed by atoms with Crippen molar-refractivity contribution in [3.8, 4) is 22.6 Å². The molecule has 1 aromatic heterocycles. The van der Waals surface area contributed by atoms with E-state index in [1.165, 1.54) is 16.7 Å². The first kappa shape index (κ1) is 19.2. The fourth-order valence-corrected chi connectivity index (χ4v) is 4.24. The molecule has 5 nitrogen and oxygen atoms in total. The summed E-state index contributed by atoms with van der Waals surface area (Å²) in [6.07, 6.45) is 4.53. The second-order valence-corrected chi connectivity index (χ2v) is 8.07. The van der Waals surface area contributed by atoms with E-state index in [0.29, 0.717) is 13.2 Å². The van der Waals surface area contributed by atoms with Crippen molar-refractivity contribution in [1.29, 1.82) is 0 Å². The normalized spacial score (nSPS) is 19.2. The van der Waals surface area contributed by atoms with E-state index in [1.807, 2.05) is 12.3 Å². The third kappa shape index (κ3) is 4.09. The number of ether oxygens (including phenoxy) is 3. The molecule has 0 bridgehead atoms. The van der Waals surface area contributed by atoms with Gasteiger partial charge in [-0.2, -0.15) is 0 Å². The fourth-order valence-electron chi connectivity index (χ4n) is 4.24. The number of rotatable bonds is 5. The topological polar surface area (TPSA) is 44.1 Å². The van der Waals surface area contributed by atoms with Crippen molar-refractivity contribution in [3.63, 3.8) is 0 Å². The lowest BCUT2D eigenvalue weighted by Crippen LogP contribution is -2.25. The van der Waals surface area contributed by atoms with Gasteiger partial charge in [0.2, 0.25) is 0 Å². The molecule has 0 unspecified atom stereocenters. The number of fused-ring (bicyclic) bond motifs is 1. The quantitative estimate of drug-likeness (QED) is 0.609. The maximum atomic E-state index is 6.39. The smallest absolute Gasteiger partial charge is 0.165 e. The number of furan rings is 1. The van der Waals surface area contributed by atoms with Gasteiger partial charge in [-0.25, -0.2) is 0 Å². The Labute approximate surface area is 177 Å². The Bertz CT molecular complexity index is 992. The Morgan fingerprint density at radius 3 is 2.87 bits per heavy atom. The van der Waals surface area contributed by atoms with Gasteiger partial charge in [0.1, 0.15) is 12.7 Å². The van der Waals surface area contributed by atoms with Crippen molar-refractivity contribution in [2.45, 2.75) is 32.5 Å². The van der Waals surface area contributed by atoms with Crippen molar-refractivity contribution in [2.75, 3.05) is 26.4 Å². The van der Waals surface area contributed by atoms with Crippen LogP contribution >= 0.6 is 0 Å². The molecule has 3 heterocycles. The highest BCUT2D eigenvalue weighted by Gasteiger charge is 2.25. The predicted octanol–water partition coefficient (Wildman–Crippen LogP) is 4.82. The molecule has 0 N–H and O–H groups in total. The Morgan fingerprint density at radius 1 is 1.13 bits per heavy atom. The molecule has 30 heavy (non-hydrogen) atoms. The van der Waals surface area contributed by atoms with Crippen molar-refractivity contribution in [2.24, 2.45) is 0 Å². The lowest BCUT2D eigenvalue weighted by atomic mass is 9.97. The molecule has 5 heteroatoms. The largest absolute Gasteiger partial charge is 0.488 e. The van der Waals surface area contributed by atoms with Crippen molar-refractivity contribution in [3.05, 3.63) is 71.7 Å². The Balaban J connectivity index is 1.52. The summed E-state index contributed by atoms with van der Waals surface area (Å²) in [7, 11) is 0. The summed E-state index contributed by atoms with van der Waals surface area (Å²) < 4.78 is 23.4. The summed E-state index contributed by atoms with van der Waals surface area (Å²) in [5, 5.41) is 0. The fraction of sp³-hybridized carbons (Fsp3) is 0.360. The predicted molar refractivity (Wildman–Crippen MR) is 115 cm³/mol. The van der Waals surface area contributed by atoms with E-state index in [9.17, 15) is 0 Å². The van der Waals surface area contributed by atoms with Crippen LogP contribution in [0.1, 0.15) is 23.1 Å². The van der Waals surface area contributed by atoms with Crippen LogP contribution in [-0.2, 0) is 17.8 Å². The van der Waals surface area contributed by atoms with Crippen LogP contribution in [0.3, 0.4) is 0 Å². The minimum absolute atomic E-state index is 0.0788. The highest BCUT2D eigenvalue weighted by atomic mass is 16.6. The Hall–Kier alpha value is -2.76. The molecule has 1 fully saturated rings. The molecule has 0 spiro atoms. The van der Waals surface area contributed by atoms with E-state index in [1.54, 1.807) is 6.26 Å². The number of aryl methyl sites for hydroxylation is 1. The molecule has 5 rings (SSSR count). The zero-order valence-electron chi connectivity index (χ0n) is 17.3. The first-order valence-corrected chi connectivity index (χ1v) is 10.6. The standard InChI is InChI=1S/C25H27NO4/c1-18-4-2-3-5-23(18)20-12-21-15-26(14-19-6-9-27-16-19)8-11-29-25(21)24(13-20)30-22-7-10-28-17-22/h2-6,9,12-13,16,22H,7-8,10-11,14-15,17H2,1H3/t22-/m1/s1. The van der Waals surface area contributed by atoms with Gasteiger partial charge in [0.15, 0.2) is 11.5 Å². The van der Waals surface area contributed by atoms with Crippen LogP contribution in [0.25, 0.3) is 11.1 Å². The van der Waals surface area contributed by atoms with Crippen LogP contribution in [0.4, 0.5) is 0 Å². The van der Waals surface area contributed by atoms with Crippen LogP contribution in [-0.4, -0.2) is 37.4 Å². The SMILES string of the molecule is Cc1ccccc1-c1cc2c(c(O[C@@H]3CCOC3)c1)OCCN(Cc1ccoc1)C2. The van der Waals surface area contributed by atoms with Crippen molar-refractivity contribution >= 4 is 0 Å². The second kappa shape index (κ2) is 8.54. The van der Waals surface area contributed by atoms with Gasteiger partial charge in [0, 0.05) is 37.2 Å². The number of benzene rings is 2. The minimum Gasteiger partial charge on any atom is -0.488 e. The molecular weight excluding hydrogens is 378 g/mol. The molecule has 0 radical (unpaired) electrons. The Morgan fingerprint density at radius 2 is 2.07 bits per heavy atom. The van der Waals surface area contributed by atoms with Gasteiger partial charge in [-0.15, -0.1) is 0 Å². The van der Waals surface area contributed by atoms with Gasteiger partial charge < -0.3 is 18.6 Å². The first-order chi connectivity index (χ1) is 14.8. The molecule has 3 aromatic rings. The van der Waals surface area contributed by atoms with Gasteiger partial charge in [-0.05, 0) is 41.8 Å². The zero-order chi connectivity index (χ0) is 20.3. The van der Waals surface area contributed by atoms with Crippen LogP contribution in [0.15, 0.2) is 59.4 Å². The molecule has 156 valence electrons. The van der Waals surface area contributed by atoms with E-state index in [2.05, 4.69) is 48.2 Å². The molecule has 1 atom stereocenters. The van der Waals surface area contributed by atoms with E-state index in [-0.39, 0.29) is 6.10 Å². The van der Waals surface area contributed by atoms with Crippen molar-refractivity contribution < 1.29 is 18.6 Å². The summed E-state index contributed by atoms with van der Waals surface area (Å²) >= 11 is 0. The average Bonchev–Trinajstić information content (AvgIpc) is 3.40. The molecule has 0 amide bonds. The monoisotopic (exact) mass is 405 g/mol. The summed E-state index contributed by atoms with van der Waals surface area (Å²) in [4.78, 5) is 2.39. The minimum atomic E-state index is 0.0788. The van der Waals surface area contributed by atoms with Crippen molar-refractivity contribution in [1.82, 2.24) is 4.90 Å². The third-order valence-corrected chi connectivity index (χ3v) is 5.80. The summed E-state index contributed by atoms with van der Waals surface area (Å²) in [5.41, 5.74) is 5.96. The first-order valence-electron chi connectivity index (χ1n) is 10.6. The highest BCUT2D eigenvalue weighted by molar-refractivity contribution is 5.72. The second-order valence-electron chi connectivity index (χ2n) is 8.07. The summed E-state index contributed by atoms with van der Waals surface area (Å²) in [5.74, 6) is 1.69. The van der Waals surface area contributed by atoms with Gasteiger partial charge >= 0.3 is 0 Å². The van der Waals surface area contributed by atoms with E-state index in [0.717, 1.165) is 55.3 Å². The molecule has 2 aliphatic heterocycles. The van der Waals surface area contributed by atoms with Crippen LogP contribution in [0.2, 0.25) is 0 Å². The van der Waals surface area contributed by atoms with Crippen LogP contribution in [0.5, 0.6) is 11.5 Å². The maximum Gasteiger partial charge on any atom is 0.165 e. The lowest BCUT2D eigenvalue weighted by molar-refractivity contribution is 0.137. The van der Waals surface area contributed by atoms with Crippen LogP contribution < -0.4 is 9.47 Å². The van der Waals surface area contributed by atoms with E-state index < -0.39 is 0 Å².